The van der Waals surface area contributed by atoms with Gasteiger partial charge >= 0.3 is 0 Å². The predicted molar refractivity (Wildman–Crippen MR) is 101 cm³/mol. The molecule has 8 nitrogen and oxygen atoms in total. The number of nitrogens with zero attached hydrogens (tertiary/aromatic N) is 2. The van der Waals surface area contributed by atoms with E-state index >= 15 is 0 Å². The summed E-state index contributed by atoms with van der Waals surface area (Å²) < 4.78 is 10.8. The van der Waals surface area contributed by atoms with E-state index in [0.717, 1.165) is 38.4 Å². The van der Waals surface area contributed by atoms with Crippen LogP contribution in [0.15, 0.2) is 12.1 Å². The fourth-order valence-corrected chi connectivity index (χ4v) is 2.90. The molecule has 25 heavy (non-hydrogen) atoms. The molecule has 140 valence electrons. The zero-order chi connectivity index (χ0) is 18.2. The van der Waals surface area contributed by atoms with Gasteiger partial charge in [0, 0.05) is 38.8 Å². The van der Waals surface area contributed by atoms with Crippen molar-refractivity contribution in [3.63, 3.8) is 0 Å². The number of hydrogen-bond acceptors (Lipinski definition) is 7. The highest BCUT2D eigenvalue weighted by molar-refractivity contribution is 5.94. The molecule has 0 bridgehead atoms. The molecule has 1 fully saturated rings. The number of hydrogen-bond donors (Lipinski definition) is 4. The zero-order valence-corrected chi connectivity index (χ0v) is 15.0. The number of nitrogen functional groups attached to an aromatic ring is 1. The Morgan fingerprint density at radius 3 is 2.60 bits per heavy atom. The van der Waals surface area contributed by atoms with E-state index < -0.39 is 0 Å². The number of ether oxygens (including phenoxy) is 2. The first-order valence-corrected chi connectivity index (χ1v) is 8.50. The number of amidine groups is 1. The Hall–Kier alpha value is -2.03. The Bertz CT molecular complexity index is 574. The predicted octanol–water partition coefficient (Wildman–Crippen LogP) is 0.817. The summed E-state index contributed by atoms with van der Waals surface area (Å²) in [6.07, 6.45) is 0. The van der Waals surface area contributed by atoms with Crippen molar-refractivity contribution < 1.29 is 14.6 Å². The summed E-state index contributed by atoms with van der Waals surface area (Å²) in [6, 6.07) is 3.75. The number of aliphatic hydroxyl groups is 1. The minimum Gasteiger partial charge on any atom is -0.494 e. The van der Waals surface area contributed by atoms with E-state index in [-0.39, 0.29) is 6.61 Å². The number of nitrogens with one attached hydrogen (secondary N) is 2. The van der Waals surface area contributed by atoms with Gasteiger partial charge in [-0.05, 0) is 13.0 Å². The van der Waals surface area contributed by atoms with Gasteiger partial charge in [-0.3, -0.25) is 10.3 Å². The van der Waals surface area contributed by atoms with Crippen molar-refractivity contribution in [2.45, 2.75) is 6.92 Å². The Labute approximate surface area is 149 Å². The summed E-state index contributed by atoms with van der Waals surface area (Å²) in [7, 11) is 1.62. The van der Waals surface area contributed by atoms with Gasteiger partial charge in [0.25, 0.3) is 0 Å². The van der Waals surface area contributed by atoms with Crippen LogP contribution in [0, 0.1) is 5.41 Å². The van der Waals surface area contributed by atoms with Crippen molar-refractivity contribution in [3.8, 4) is 5.75 Å². The monoisotopic (exact) mass is 351 g/mol. The fourth-order valence-electron chi connectivity index (χ4n) is 2.90. The van der Waals surface area contributed by atoms with Gasteiger partial charge in [-0.25, -0.2) is 0 Å². The molecule has 0 aliphatic carbocycles. The second kappa shape index (κ2) is 9.45. The van der Waals surface area contributed by atoms with Crippen LogP contribution in [0.3, 0.4) is 0 Å². The molecule has 8 heteroatoms. The summed E-state index contributed by atoms with van der Waals surface area (Å²) in [5, 5.41) is 19.3. The SMILES string of the molecule is COc1cc(N2CCN(CCOCCO)CC2)c(N)cc1NC(C)=N. The van der Waals surface area contributed by atoms with E-state index in [9.17, 15) is 0 Å². The number of anilines is 3. The molecule has 1 saturated heterocycles. The molecule has 0 radical (unpaired) electrons. The molecule has 2 rings (SSSR count). The molecule has 5 N–H and O–H groups in total. The second-order valence-electron chi connectivity index (χ2n) is 6.03. The lowest BCUT2D eigenvalue weighted by molar-refractivity contribution is 0.0724. The molecule has 0 spiro atoms. The average molecular weight is 351 g/mol. The van der Waals surface area contributed by atoms with E-state index in [1.54, 1.807) is 14.0 Å². The first-order valence-electron chi connectivity index (χ1n) is 8.50. The standard InChI is InChI=1S/C17H29N5O3/c1-13(18)20-15-11-14(19)16(12-17(15)24-2)22-5-3-21(4-6-22)7-9-25-10-8-23/h11-12,23H,3-10,19H2,1-2H3,(H2,18,20). The highest BCUT2D eigenvalue weighted by atomic mass is 16.5. The largest absolute Gasteiger partial charge is 0.494 e. The van der Waals surface area contributed by atoms with E-state index in [1.807, 2.05) is 12.1 Å². The highest BCUT2D eigenvalue weighted by Crippen LogP contribution is 2.35. The Balaban J connectivity index is 1.97. The molecule has 1 aromatic carbocycles. The lowest BCUT2D eigenvalue weighted by atomic mass is 10.1. The molecule has 1 aliphatic heterocycles. The summed E-state index contributed by atoms with van der Waals surface area (Å²) in [5.41, 5.74) is 8.57. The third-order valence-corrected chi connectivity index (χ3v) is 4.17. The van der Waals surface area contributed by atoms with E-state index in [1.165, 1.54) is 0 Å². The number of aliphatic hydroxyl groups excluding tert-OH is 1. The van der Waals surface area contributed by atoms with Crippen LogP contribution < -0.4 is 20.7 Å². The van der Waals surface area contributed by atoms with Crippen LogP contribution in [0.25, 0.3) is 0 Å². The summed E-state index contributed by atoms with van der Waals surface area (Å²) in [6.45, 7) is 7.27. The summed E-state index contributed by atoms with van der Waals surface area (Å²) >= 11 is 0. The normalized spacial score (nSPS) is 15.2. The number of piperazine rings is 1. The topological polar surface area (TPSA) is 107 Å². The maximum atomic E-state index is 8.72. The van der Waals surface area contributed by atoms with Crippen LogP contribution in [-0.4, -0.2) is 75.5 Å². The quantitative estimate of drug-likeness (QED) is 0.238. The van der Waals surface area contributed by atoms with Gasteiger partial charge in [-0.2, -0.15) is 0 Å². The van der Waals surface area contributed by atoms with Crippen LogP contribution in [0.4, 0.5) is 17.1 Å². The van der Waals surface area contributed by atoms with Crippen molar-refractivity contribution in [2.24, 2.45) is 0 Å². The van der Waals surface area contributed by atoms with E-state index in [2.05, 4.69) is 15.1 Å². The molecule has 1 aliphatic rings. The molecule has 0 unspecified atom stereocenters. The summed E-state index contributed by atoms with van der Waals surface area (Å²) in [5.74, 6) is 1.01. The van der Waals surface area contributed by atoms with Crippen molar-refractivity contribution in [2.75, 3.05) is 75.6 Å². The zero-order valence-electron chi connectivity index (χ0n) is 15.0. The maximum absolute atomic E-state index is 8.72. The van der Waals surface area contributed by atoms with Gasteiger partial charge < -0.3 is 30.5 Å². The van der Waals surface area contributed by atoms with Crippen LogP contribution >= 0.6 is 0 Å². The van der Waals surface area contributed by atoms with E-state index in [0.29, 0.717) is 36.2 Å². The van der Waals surface area contributed by atoms with Gasteiger partial charge in [-0.15, -0.1) is 0 Å². The molecule has 0 saturated carbocycles. The minimum atomic E-state index is 0.0667. The Kier molecular flexibility index (Phi) is 7.30. The van der Waals surface area contributed by atoms with Crippen LogP contribution in [0.5, 0.6) is 5.75 Å². The lowest BCUT2D eigenvalue weighted by Crippen LogP contribution is -2.47. The third-order valence-electron chi connectivity index (χ3n) is 4.17. The van der Waals surface area contributed by atoms with Gasteiger partial charge in [0.15, 0.2) is 0 Å². The molecule has 1 aromatic rings. The van der Waals surface area contributed by atoms with E-state index in [4.69, 9.17) is 25.7 Å². The van der Waals surface area contributed by atoms with Crippen molar-refractivity contribution in [1.82, 2.24) is 4.90 Å². The van der Waals surface area contributed by atoms with Crippen LogP contribution in [0.1, 0.15) is 6.92 Å². The fraction of sp³-hybridized carbons (Fsp3) is 0.588. The molecule has 0 atom stereocenters. The maximum Gasteiger partial charge on any atom is 0.144 e. The number of rotatable bonds is 8. The van der Waals surface area contributed by atoms with Gasteiger partial charge in [0.2, 0.25) is 0 Å². The lowest BCUT2D eigenvalue weighted by Gasteiger charge is -2.36. The summed E-state index contributed by atoms with van der Waals surface area (Å²) in [4.78, 5) is 4.60. The average Bonchev–Trinajstić information content (AvgIpc) is 2.59. The van der Waals surface area contributed by atoms with Crippen molar-refractivity contribution in [3.05, 3.63) is 12.1 Å². The van der Waals surface area contributed by atoms with Gasteiger partial charge in [0.1, 0.15) is 5.75 Å². The molecular weight excluding hydrogens is 322 g/mol. The molecule has 1 heterocycles. The number of methoxy groups -OCH3 is 1. The second-order valence-corrected chi connectivity index (χ2v) is 6.03. The third kappa shape index (κ3) is 5.48. The Morgan fingerprint density at radius 2 is 2.00 bits per heavy atom. The highest BCUT2D eigenvalue weighted by Gasteiger charge is 2.20. The molecular formula is C17H29N5O3. The number of nitrogens with two attached hydrogens (primary N) is 1. The smallest absolute Gasteiger partial charge is 0.144 e. The minimum absolute atomic E-state index is 0.0667. The van der Waals surface area contributed by atoms with Gasteiger partial charge in [-0.1, -0.05) is 0 Å². The number of benzene rings is 1. The first kappa shape index (κ1) is 19.3. The van der Waals surface area contributed by atoms with Crippen molar-refractivity contribution in [1.29, 1.82) is 5.41 Å². The van der Waals surface area contributed by atoms with Crippen LogP contribution in [0.2, 0.25) is 0 Å². The Morgan fingerprint density at radius 1 is 1.28 bits per heavy atom. The molecule has 0 aromatic heterocycles. The first-order chi connectivity index (χ1) is 12.0. The van der Waals surface area contributed by atoms with Gasteiger partial charge in [0.05, 0.1) is 49.8 Å². The van der Waals surface area contributed by atoms with Crippen LogP contribution in [-0.2, 0) is 4.74 Å². The van der Waals surface area contributed by atoms with Crippen molar-refractivity contribution >= 4 is 22.9 Å². The molecule has 0 amide bonds.